The van der Waals surface area contributed by atoms with Crippen molar-refractivity contribution in [2.75, 3.05) is 5.32 Å². The first-order valence-electron chi connectivity index (χ1n) is 9.55. The number of likely N-dealkylation sites (tertiary alicyclic amines) is 1. The molecule has 1 N–H and O–H groups in total. The number of hydrogen-bond acceptors (Lipinski definition) is 2. The lowest BCUT2D eigenvalue weighted by molar-refractivity contribution is -0.165. The van der Waals surface area contributed by atoms with Crippen molar-refractivity contribution in [1.82, 2.24) is 4.90 Å². The summed E-state index contributed by atoms with van der Waals surface area (Å²) in [5, 5.41) is 2.82. The summed E-state index contributed by atoms with van der Waals surface area (Å²) in [6, 6.07) is 24.0. The van der Waals surface area contributed by atoms with Crippen molar-refractivity contribution < 1.29 is 14.0 Å². The van der Waals surface area contributed by atoms with E-state index in [0.717, 1.165) is 11.1 Å². The maximum Gasteiger partial charge on any atom is 0.239 e. The Morgan fingerprint density at radius 3 is 2.14 bits per heavy atom. The number of anilines is 1. The van der Waals surface area contributed by atoms with Gasteiger partial charge in [-0.1, -0.05) is 60.7 Å². The van der Waals surface area contributed by atoms with Crippen molar-refractivity contribution in [2.45, 2.75) is 19.0 Å². The molecule has 1 fully saturated rings. The van der Waals surface area contributed by atoms with E-state index in [4.69, 9.17) is 0 Å². The number of para-hydroxylation sites is 1. The monoisotopic (exact) mass is 388 g/mol. The fraction of sp³-hybridized carbons (Fsp3) is 0.167. The molecule has 0 saturated carbocycles. The van der Waals surface area contributed by atoms with Crippen molar-refractivity contribution in [3.63, 3.8) is 0 Å². The summed E-state index contributed by atoms with van der Waals surface area (Å²) >= 11 is 0. The quantitative estimate of drug-likeness (QED) is 0.508. The molecule has 1 unspecified atom stereocenters. The number of β-lactam (4-membered cyclic amide) rings is 1. The van der Waals surface area contributed by atoms with E-state index >= 15 is 0 Å². The van der Waals surface area contributed by atoms with Crippen LogP contribution in [0.2, 0.25) is 0 Å². The predicted octanol–water partition coefficient (Wildman–Crippen LogP) is 4.73. The van der Waals surface area contributed by atoms with E-state index in [0.29, 0.717) is 5.69 Å². The number of rotatable bonds is 5. The molecule has 1 heterocycles. The zero-order valence-electron chi connectivity index (χ0n) is 16.0. The third-order valence-electron chi connectivity index (χ3n) is 5.37. The Labute approximate surface area is 169 Å². The molecule has 3 aromatic carbocycles. The Hall–Kier alpha value is -3.47. The van der Waals surface area contributed by atoms with E-state index in [9.17, 15) is 14.0 Å². The molecule has 4 rings (SSSR count). The highest BCUT2D eigenvalue weighted by Gasteiger charge is 2.54. The smallest absolute Gasteiger partial charge is 0.239 e. The molecule has 29 heavy (non-hydrogen) atoms. The lowest BCUT2D eigenvalue weighted by Crippen LogP contribution is -2.59. The second-order valence-electron chi connectivity index (χ2n) is 7.16. The number of hydrogen-bond donors (Lipinski definition) is 1. The van der Waals surface area contributed by atoms with Crippen LogP contribution in [0.1, 0.15) is 30.1 Å². The molecule has 1 aliphatic heterocycles. The third kappa shape index (κ3) is 3.63. The average molecular weight is 388 g/mol. The minimum absolute atomic E-state index is 0.209. The van der Waals surface area contributed by atoms with Gasteiger partial charge in [0.15, 0.2) is 0 Å². The second-order valence-corrected chi connectivity index (χ2v) is 7.16. The van der Waals surface area contributed by atoms with E-state index in [1.807, 2.05) is 55.5 Å². The molecule has 4 nitrogen and oxygen atoms in total. The molecule has 3 atom stereocenters. The van der Waals surface area contributed by atoms with Crippen molar-refractivity contribution in [1.29, 1.82) is 0 Å². The standard InChI is InChI=1S/C24H21FN2O2/c1-16(17-8-4-2-5-9-17)27-22(18-12-14-19(25)15-13-18)21(24(27)29)23(28)26-20-10-6-3-7-11-20/h2-16,21-22H,1H3,(H,26,28)/t16?,21-,22+/m0/s1. The van der Waals surface area contributed by atoms with Gasteiger partial charge in [-0.2, -0.15) is 0 Å². The molecule has 3 aromatic rings. The van der Waals surface area contributed by atoms with Crippen LogP contribution in [0.15, 0.2) is 84.9 Å². The molecule has 0 aromatic heterocycles. The highest BCUT2D eigenvalue weighted by molar-refractivity contribution is 6.11. The van der Waals surface area contributed by atoms with Crippen LogP contribution in [-0.2, 0) is 9.59 Å². The highest BCUT2D eigenvalue weighted by atomic mass is 19.1. The van der Waals surface area contributed by atoms with Crippen molar-refractivity contribution in [2.24, 2.45) is 5.92 Å². The largest absolute Gasteiger partial charge is 0.327 e. The molecule has 2 amide bonds. The summed E-state index contributed by atoms with van der Waals surface area (Å²) in [5.74, 6) is -1.80. The minimum atomic E-state index is -0.855. The normalized spacial score (nSPS) is 19.4. The first-order valence-corrected chi connectivity index (χ1v) is 9.55. The molecule has 146 valence electrons. The van der Waals surface area contributed by atoms with E-state index in [1.54, 1.807) is 29.2 Å². The van der Waals surface area contributed by atoms with Gasteiger partial charge < -0.3 is 10.2 Å². The van der Waals surface area contributed by atoms with Crippen molar-refractivity contribution in [3.05, 3.63) is 102 Å². The fourth-order valence-electron chi connectivity index (χ4n) is 3.85. The molecule has 1 aliphatic rings. The van der Waals surface area contributed by atoms with E-state index < -0.39 is 12.0 Å². The zero-order valence-corrected chi connectivity index (χ0v) is 16.0. The minimum Gasteiger partial charge on any atom is -0.327 e. The lowest BCUT2D eigenvalue weighted by atomic mass is 9.79. The number of benzene rings is 3. The maximum atomic E-state index is 13.5. The summed E-state index contributed by atoms with van der Waals surface area (Å²) in [6.45, 7) is 1.94. The fourth-order valence-corrected chi connectivity index (χ4v) is 3.85. The van der Waals surface area contributed by atoms with E-state index in [2.05, 4.69) is 5.32 Å². The van der Waals surface area contributed by atoms with Crippen LogP contribution in [0.25, 0.3) is 0 Å². The molecule has 0 spiro atoms. The molecule has 0 aliphatic carbocycles. The molecule has 0 radical (unpaired) electrons. The topological polar surface area (TPSA) is 49.4 Å². The van der Waals surface area contributed by atoms with Crippen LogP contribution >= 0.6 is 0 Å². The summed E-state index contributed by atoms with van der Waals surface area (Å²) in [4.78, 5) is 27.7. The molecular weight excluding hydrogens is 367 g/mol. The molecule has 0 bridgehead atoms. The third-order valence-corrected chi connectivity index (χ3v) is 5.37. The first-order chi connectivity index (χ1) is 14.1. The predicted molar refractivity (Wildman–Crippen MR) is 109 cm³/mol. The van der Waals surface area contributed by atoms with Gasteiger partial charge in [-0.15, -0.1) is 0 Å². The van der Waals surface area contributed by atoms with Crippen molar-refractivity contribution in [3.8, 4) is 0 Å². The number of halogens is 1. The summed E-state index contributed by atoms with van der Waals surface area (Å²) in [7, 11) is 0. The lowest BCUT2D eigenvalue weighted by Gasteiger charge is -2.49. The number of nitrogens with zero attached hydrogens (tertiary/aromatic N) is 1. The van der Waals surface area contributed by atoms with Gasteiger partial charge in [0.2, 0.25) is 11.8 Å². The van der Waals surface area contributed by atoms with E-state index in [-0.39, 0.29) is 23.7 Å². The summed E-state index contributed by atoms with van der Waals surface area (Å²) in [6.07, 6.45) is 0. The van der Waals surface area contributed by atoms with Gasteiger partial charge in [-0.3, -0.25) is 9.59 Å². The molecule has 5 heteroatoms. The number of amides is 2. The van der Waals surface area contributed by atoms with Crippen molar-refractivity contribution >= 4 is 17.5 Å². The number of nitrogens with one attached hydrogen (secondary N) is 1. The van der Waals surface area contributed by atoms with Gasteiger partial charge in [0.1, 0.15) is 11.7 Å². The SMILES string of the molecule is CC(c1ccccc1)N1C(=O)[C@H](C(=O)Nc2ccccc2)[C@H]1c1ccc(F)cc1. The van der Waals surface area contributed by atoms with Crippen LogP contribution in [0.3, 0.4) is 0 Å². The van der Waals surface area contributed by atoms with Crippen LogP contribution in [0.4, 0.5) is 10.1 Å². The van der Waals surface area contributed by atoms with Crippen LogP contribution < -0.4 is 5.32 Å². The summed E-state index contributed by atoms with van der Waals surface area (Å²) in [5.41, 5.74) is 2.36. The van der Waals surface area contributed by atoms with Gasteiger partial charge in [-0.05, 0) is 42.3 Å². The van der Waals surface area contributed by atoms with Gasteiger partial charge in [-0.25, -0.2) is 4.39 Å². The van der Waals surface area contributed by atoms with Gasteiger partial charge >= 0.3 is 0 Å². The summed E-state index contributed by atoms with van der Waals surface area (Å²) < 4.78 is 13.5. The number of carbonyl (C=O) groups excluding carboxylic acids is 2. The molecule has 1 saturated heterocycles. The highest BCUT2D eigenvalue weighted by Crippen LogP contribution is 2.46. The van der Waals surface area contributed by atoms with E-state index in [1.165, 1.54) is 12.1 Å². The van der Waals surface area contributed by atoms with Gasteiger partial charge in [0.05, 0.1) is 12.1 Å². The Bertz CT molecular complexity index is 1010. The van der Waals surface area contributed by atoms with Crippen LogP contribution in [0, 0.1) is 11.7 Å². The Kier molecular flexibility index (Phi) is 5.12. The van der Waals surface area contributed by atoms with Gasteiger partial charge in [0.25, 0.3) is 0 Å². The first kappa shape index (κ1) is 18.9. The van der Waals surface area contributed by atoms with Crippen LogP contribution in [0.5, 0.6) is 0 Å². The van der Waals surface area contributed by atoms with Crippen LogP contribution in [-0.4, -0.2) is 16.7 Å². The Morgan fingerprint density at radius 2 is 1.52 bits per heavy atom. The molecular formula is C24H21FN2O2. The Morgan fingerprint density at radius 1 is 0.931 bits per heavy atom. The zero-order chi connectivity index (χ0) is 20.4. The van der Waals surface area contributed by atoms with Gasteiger partial charge in [0, 0.05) is 5.69 Å². The maximum absolute atomic E-state index is 13.5. The average Bonchev–Trinajstić information content (AvgIpc) is 2.74. The Balaban J connectivity index is 1.65. The second kappa shape index (κ2) is 7.87. The number of carbonyl (C=O) groups is 2.